The Morgan fingerprint density at radius 2 is 1.88 bits per heavy atom. The van der Waals surface area contributed by atoms with E-state index in [1.54, 1.807) is 19.1 Å². The van der Waals surface area contributed by atoms with Crippen LogP contribution in [0.4, 0.5) is 14.5 Å². The summed E-state index contributed by atoms with van der Waals surface area (Å²) >= 11 is 0. The van der Waals surface area contributed by atoms with Crippen molar-refractivity contribution in [2.75, 3.05) is 11.9 Å². The first kappa shape index (κ1) is 18.4. The number of rotatable bonds is 7. The maximum Gasteiger partial charge on any atom is 0.387 e. The number of hydrogen-bond donors (Lipinski definition) is 1. The van der Waals surface area contributed by atoms with Crippen molar-refractivity contribution in [1.29, 1.82) is 0 Å². The van der Waals surface area contributed by atoms with Gasteiger partial charge in [-0.3, -0.25) is 4.79 Å². The number of carbonyl (C=O) groups is 1. The van der Waals surface area contributed by atoms with Crippen molar-refractivity contribution >= 4 is 17.7 Å². The molecule has 0 atom stereocenters. The van der Waals surface area contributed by atoms with Gasteiger partial charge in [0.15, 0.2) is 11.5 Å². The highest BCUT2D eigenvalue weighted by atomic mass is 19.3. The summed E-state index contributed by atoms with van der Waals surface area (Å²) < 4.78 is 34.5. The van der Waals surface area contributed by atoms with Crippen LogP contribution in [0.25, 0.3) is 6.08 Å². The van der Waals surface area contributed by atoms with E-state index in [1.165, 1.54) is 18.2 Å². The SMILES string of the molecule is CCOc1cc(/C=C/C(=O)Nc2ccc(C)cc2)ccc1OC(F)F. The van der Waals surface area contributed by atoms with Crippen molar-refractivity contribution in [1.82, 2.24) is 0 Å². The van der Waals surface area contributed by atoms with Crippen LogP contribution in [-0.2, 0) is 4.79 Å². The van der Waals surface area contributed by atoms with Crippen molar-refractivity contribution in [2.45, 2.75) is 20.5 Å². The van der Waals surface area contributed by atoms with Gasteiger partial charge in [-0.15, -0.1) is 0 Å². The number of aryl methyl sites for hydroxylation is 1. The molecule has 2 aromatic rings. The molecule has 132 valence electrons. The number of alkyl halides is 2. The van der Waals surface area contributed by atoms with Gasteiger partial charge in [0.2, 0.25) is 5.91 Å². The average Bonchev–Trinajstić information content (AvgIpc) is 2.57. The van der Waals surface area contributed by atoms with Crippen molar-refractivity contribution < 1.29 is 23.0 Å². The number of amides is 1. The first-order chi connectivity index (χ1) is 12.0. The van der Waals surface area contributed by atoms with Gasteiger partial charge in [0.1, 0.15) is 0 Å². The molecule has 0 bridgehead atoms. The summed E-state index contributed by atoms with van der Waals surface area (Å²) in [6.07, 6.45) is 2.93. The Kier molecular flexibility index (Phi) is 6.51. The predicted octanol–water partition coefficient (Wildman–Crippen LogP) is 4.65. The normalized spacial score (nSPS) is 10.9. The molecule has 0 aliphatic carbocycles. The minimum Gasteiger partial charge on any atom is -0.490 e. The second-order valence-corrected chi connectivity index (χ2v) is 5.21. The zero-order valence-electron chi connectivity index (χ0n) is 14.0. The molecule has 0 saturated carbocycles. The fourth-order valence-corrected chi connectivity index (χ4v) is 2.08. The summed E-state index contributed by atoms with van der Waals surface area (Å²) in [4.78, 5) is 11.9. The van der Waals surface area contributed by atoms with Crippen LogP contribution in [0.2, 0.25) is 0 Å². The monoisotopic (exact) mass is 347 g/mol. The Balaban J connectivity index is 2.07. The summed E-state index contributed by atoms with van der Waals surface area (Å²) in [7, 11) is 0. The summed E-state index contributed by atoms with van der Waals surface area (Å²) in [5, 5.41) is 2.74. The Hall–Kier alpha value is -2.89. The van der Waals surface area contributed by atoms with Crippen LogP contribution in [0.1, 0.15) is 18.1 Å². The third-order valence-corrected chi connectivity index (χ3v) is 3.23. The fourth-order valence-electron chi connectivity index (χ4n) is 2.08. The first-order valence-corrected chi connectivity index (χ1v) is 7.75. The largest absolute Gasteiger partial charge is 0.490 e. The second-order valence-electron chi connectivity index (χ2n) is 5.21. The Morgan fingerprint density at radius 3 is 2.52 bits per heavy atom. The first-order valence-electron chi connectivity index (χ1n) is 7.75. The summed E-state index contributed by atoms with van der Waals surface area (Å²) in [5.74, 6) is -0.142. The minimum absolute atomic E-state index is 0.0434. The lowest BCUT2D eigenvalue weighted by molar-refractivity contribution is -0.111. The molecule has 0 aliphatic rings. The molecular formula is C19H19F2NO3. The van der Waals surface area contributed by atoms with E-state index >= 15 is 0 Å². The number of carbonyl (C=O) groups excluding carboxylic acids is 1. The maximum absolute atomic E-state index is 12.4. The van der Waals surface area contributed by atoms with Gasteiger partial charge in [-0.05, 0) is 49.8 Å². The van der Waals surface area contributed by atoms with Gasteiger partial charge in [-0.1, -0.05) is 23.8 Å². The molecule has 2 aromatic carbocycles. The lowest BCUT2D eigenvalue weighted by Crippen LogP contribution is -2.07. The van der Waals surface area contributed by atoms with E-state index < -0.39 is 6.61 Å². The number of hydrogen-bond acceptors (Lipinski definition) is 3. The van der Waals surface area contributed by atoms with Gasteiger partial charge in [0, 0.05) is 11.8 Å². The molecule has 0 aliphatic heterocycles. The summed E-state index contributed by atoms with van der Waals surface area (Å²) in [6, 6.07) is 11.9. The number of halogens is 2. The fraction of sp³-hybridized carbons (Fsp3) is 0.211. The zero-order valence-corrected chi connectivity index (χ0v) is 14.0. The number of benzene rings is 2. The molecule has 1 amide bonds. The molecule has 4 nitrogen and oxygen atoms in total. The molecule has 2 rings (SSSR count). The molecule has 0 radical (unpaired) electrons. The second kappa shape index (κ2) is 8.82. The van der Waals surface area contributed by atoms with Crippen molar-refractivity contribution in [3.8, 4) is 11.5 Å². The molecule has 1 N–H and O–H groups in total. The quantitative estimate of drug-likeness (QED) is 0.742. The number of anilines is 1. The molecule has 6 heteroatoms. The summed E-state index contributed by atoms with van der Waals surface area (Å²) in [5.41, 5.74) is 2.42. The Bertz CT molecular complexity index is 743. The van der Waals surface area contributed by atoms with E-state index in [1.807, 2.05) is 31.2 Å². The van der Waals surface area contributed by atoms with E-state index in [9.17, 15) is 13.6 Å². The molecule has 0 spiro atoms. The Morgan fingerprint density at radius 1 is 1.16 bits per heavy atom. The van der Waals surface area contributed by atoms with Gasteiger partial charge in [0.25, 0.3) is 0 Å². The van der Waals surface area contributed by atoms with Crippen molar-refractivity contribution in [3.05, 3.63) is 59.7 Å². The van der Waals surface area contributed by atoms with Gasteiger partial charge in [-0.25, -0.2) is 0 Å². The molecule has 0 aromatic heterocycles. The zero-order chi connectivity index (χ0) is 18.2. The highest BCUT2D eigenvalue weighted by molar-refractivity contribution is 6.01. The average molecular weight is 347 g/mol. The van der Waals surface area contributed by atoms with Crippen LogP contribution in [0.3, 0.4) is 0 Å². The number of ether oxygens (including phenoxy) is 2. The van der Waals surface area contributed by atoms with Crippen molar-refractivity contribution in [3.63, 3.8) is 0 Å². The van der Waals surface area contributed by atoms with Crippen LogP contribution < -0.4 is 14.8 Å². The van der Waals surface area contributed by atoms with E-state index in [0.29, 0.717) is 17.9 Å². The minimum atomic E-state index is -2.93. The van der Waals surface area contributed by atoms with E-state index in [4.69, 9.17) is 4.74 Å². The third-order valence-electron chi connectivity index (χ3n) is 3.23. The van der Waals surface area contributed by atoms with Crippen LogP contribution >= 0.6 is 0 Å². The van der Waals surface area contributed by atoms with Gasteiger partial charge in [0.05, 0.1) is 6.61 Å². The molecule has 0 saturated heterocycles. The van der Waals surface area contributed by atoms with Gasteiger partial charge < -0.3 is 14.8 Å². The third kappa shape index (κ3) is 5.91. The van der Waals surface area contributed by atoms with Crippen LogP contribution in [-0.4, -0.2) is 19.1 Å². The van der Waals surface area contributed by atoms with E-state index in [-0.39, 0.29) is 17.4 Å². The van der Waals surface area contributed by atoms with E-state index in [0.717, 1.165) is 5.56 Å². The lowest BCUT2D eigenvalue weighted by Gasteiger charge is -2.11. The van der Waals surface area contributed by atoms with Crippen LogP contribution in [0.5, 0.6) is 11.5 Å². The van der Waals surface area contributed by atoms with Gasteiger partial charge in [-0.2, -0.15) is 8.78 Å². The standard InChI is InChI=1S/C19H19F2NO3/c1-3-24-17-12-14(6-10-16(17)25-19(20)21)7-11-18(23)22-15-8-4-13(2)5-9-15/h4-12,19H,3H2,1-2H3,(H,22,23)/b11-7+. The Labute approximate surface area is 145 Å². The van der Waals surface area contributed by atoms with Crippen molar-refractivity contribution in [2.24, 2.45) is 0 Å². The highest BCUT2D eigenvalue weighted by Gasteiger charge is 2.11. The molecule has 0 heterocycles. The van der Waals surface area contributed by atoms with Crippen LogP contribution in [0, 0.1) is 6.92 Å². The topological polar surface area (TPSA) is 47.6 Å². The smallest absolute Gasteiger partial charge is 0.387 e. The molecule has 0 unspecified atom stereocenters. The molecule has 25 heavy (non-hydrogen) atoms. The number of nitrogens with one attached hydrogen (secondary N) is 1. The lowest BCUT2D eigenvalue weighted by atomic mass is 10.2. The maximum atomic E-state index is 12.4. The van der Waals surface area contributed by atoms with E-state index in [2.05, 4.69) is 10.1 Å². The van der Waals surface area contributed by atoms with Crippen LogP contribution in [0.15, 0.2) is 48.5 Å². The summed E-state index contributed by atoms with van der Waals surface area (Å²) in [6.45, 7) is 1.08. The molecular weight excluding hydrogens is 328 g/mol. The predicted molar refractivity (Wildman–Crippen MR) is 93.1 cm³/mol. The molecule has 0 fully saturated rings. The highest BCUT2D eigenvalue weighted by Crippen LogP contribution is 2.30. The van der Waals surface area contributed by atoms with Gasteiger partial charge >= 0.3 is 6.61 Å².